The van der Waals surface area contributed by atoms with E-state index in [9.17, 15) is 8.78 Å². The summed E-state index contributed by atoms with van der Waals surface area (Å²) in [7, 11) is 0. The van der Waals surface area contributed by atoms with Crippen LogP contribution in [-0.2, 0) is 6.42 Å². The van der Waals surface area contributed by atoms with Crippen LogP contribution in [0.3, 0.4) is 0 Å². The Morgan fingerprint density at radius 2 is 1.72 bits per heavy atom. The van der Waals surface area contributed by atoms with Gasteiger partial charge in [0.1, 0.15) is 5.82 Å². The normalized spacial score (nSPS) is 26.0. The summed E-state index contributed by atoms with van der Waals surface area (Å²) in [5, 5.41) is 0.297. The molecule has 2 aliphatic rings. The largest absolute Gasteiger partial charge is 0.206 e. The highest BCUT2D eigenvalue weighted by Gasteiger charge is 2.36. The Balaban J connectivity index is 1.53. The van der Waals surface area contributed by atoms with E-state index in [0.29, 0.717) is 35.3 Å². The zero-order chi connectivity index (χ0) is 22.7. The number of benzene rings is 2. The minimum absolute atomic E-state index is 0.115. The van der Waals surface area contributed by atoms with Crippen LogP contribution >= 0.6 is 0 Å². The molecule has 2 aliphatic carbocycles. The molecule has 0 nitrogen and oxygen atoms in total. The summed E-state index contributed by atoms with van der Waals surface area (Å²) in [4.78, 5) is 0. The third kappa shape index (κ3) is 4.77. The minimum Gasteiger partial charge on any atom is -0.206 e. The summed E-state index contributed by atoms with van der Waals surface area (Å²) in [6, 6.07) is 5.25. The standard InChI is InChI=1S/C29H37F3/c1-3-5-7-9-24-18-23-14-15-25(28(31)26(23)29(32)27(24)30)22-13-12-20-16-19(8-6-4-2)10-11-21(20)17-22/h3,5,14-15,18-22H,4,6-13,16-17H2,1-2H3. The minimum atomic E-state index is -1.03. The predicted molar refractivity (Wildman–Crippen MR) is 127 cm³/mol. The Morgan fingerprint density at radius 1 is 0.938 bits per heavy atom. The Kier molecular flexibility index (Phi) is 7.63. The molecule has 4 rings (SSSR count). The number of allylic oxidation sites excluding steroid dienone is 2. The van der Waals surface area contributed by atoms with Gasteiger partial charge in [0.15, 0.2) is 11.6 Å². The Hall–Kier alpha value is -1.77. The van der Waals surface area contributed by atoms with Crippen LogP contribution in [0.5, 0.6) is 0 Å². The van der Waals surface area contributed by atoms with Gasteiger partial charge in [-0.05, 0) is 98.1 Å². The molecule has 32 heavy (non-hydrogen) atoms. The van der Waals surface area contributed by atoms with Crippen LogP contribution in [0, 0.1) is 35.2 Å². The van der Waals surface area contributed by atoms with Crippen molar-refractivity contribution in [1.29, 1.82) is 0 Å². The third-order valence-electron chi connectivity index (χ3n) is 8.17. The van der Waals surface area contributed by atoms with Gasteiger partial charge in [0.25, 0.3) is 0 Å². The van der Waals surface area contributed by atoms with Crippen LogP contribution in [0.25, 0.3) is 10.8 Å². The zero-order valence-electron chi connectivity index (χ0n) is 19.6. The van der Waals surface area contributed by atoms with Crippen molar-refractivity contribution in [1.82, 2.24) is 0 Å². The van der Waals surface area contributed by atoms with E-state index >= 15 is 4.39 Å². The molecule has 4 unspecified atom stereocenters. The van der Waals surface area contributed by atoms with Crippen molar-refractivity contribution in [3.8, 4) is 0 Å². The van der Waals surface area contributed by atoms with E-state index in [4.69, 9.17) is 0 Å². The van der Waals surface area contributed by atoms with Crippen LogP contribution in [-0.4, -0.2) is 0 Å². The van der Waals surface area contributed by atoms with Crippen LogP contribution in [0.15, 0.2) is 30.4 Å². The van der Waals surface area contributed by atoms with Crippen LogP contribution < -0.4 is 0 Å². The van der Waals surface area contributed by atoms with Crippen molar-refractivity contribution in [2.75, 3.05) is 0 Å². The zero-order valence-corrected chi connectivity index (χ0v) is 19.6. The number of halogens is 3. The van der Waals surface area contributed by atoms with Gasteiger partial charge < -0.3 is 0 Å². The van der Waals surface area contributed by atoms with Crippen molar-refractivity contribution in [2.24, 2.45) is 17.8 Å². The van der Waals surface area contributed by atoms with Crippen molar-refractivity contribution < 1.29 is 13.2 Å². The Labute approximate surface area is 191 Å². The molecule has 2 saturated carbocycles. The predicted octanol–water partition coefficient (Wildman–Crippen LogP) is 9.26. The van der Waals surface area contributed by atoms with Gasteiger partial charge in [-0.1, -0.05) is 56.9 Å². The summed E-state index contributed by atoms with van der Waals surface area (Å²) in [6.07, 6.45) is 15.8. The van der Waals surface area contributed by atoms with Gasteiger partial charge in [0.2, 0.25) is 0 Å². The van der Waals surface area contributed by atoms with Gasteiger partial charge in [0, 0.05) is 0 Å². The maximum atomic E-state index is 15.5. The maximum Gasteiger partial charge on any atom is 0.169 e. The molecule has 0 saturated heterocycles. The molecule has 0 spiro atoms. The number of rotatable bonds is 7. The lowest BCUT2D eigenvalue weighted by molar-refractivity contribution is 0.113. The maximum absolute atomic E-state index is 15.5. The van der Waals surface area contributed by atoms with E-state index in [0.717, 1.165) is 31.1 Å². The van der Waals surface area contributed by atoms with Crippen LogP contribution in [0.1, 0.15) is 95.1 Å². The van der Waals surface area contributed by atoms with Gasteiger partial charge in [0.05, 0.1) is 5.39 Å². The second-order valence-corrected chi connectivity index (χ2v) is 10.2. The van der Waals surface area contributed by atoms with E-state index in [1.807, 2.05) is 25.1 Å². The van der Waals surface area contributed by atoms with E-state index in [1.165, 1.54) is 38.5 Å². The van der Waals surface area contributed by atoms with Crippen molar-refractivity contribution in [2.45, 2.75) is 90.4 Å². The molecule has 4 atom stereocenters. The fourth-order valence-electron chi connectivity index (χ4n) is 6.38. The molecule has 0 bridgehead atoms. The second kappa shape index (κ2) is 10.4. The molecule has 0 aromatic heterocycles. The van der Waals surface area contributed by atoms with Crippen molar-refractivity contribution in [3.05, 3.63) is 58.9 Å². The first-order valence-corrected chi connectivity index (χ1v) is 12.7. The van der Waals surface area contributed by atoms with E-state index in [-0.39, 0.29) is 11.3 Å². The SMILES string of the molecule is CC=CCCc1cc2ccc(C3CCC4CC(CCCC)CCC4C3)c(F)c2c(F)c1F. The van der Waals surface area contributed by atoms with Crippen molar-refractivity contribution in [3.63, 3.8) is 0 Å². The average Bonchev–Trinajstić information content (AvgIpc) is 2.80. The lowest BCUT2D eigenvalue weighted by Gasteiger charge is -2.42. The van der Waals surface area contributed by atoms with E-state index in [1.54, 1.807) is 12.1 Å². The molecular formula is C29H37F3. The number of hydrogen-bond donors (Lipinski definition) is 0. The monoisotopic (exact) mass is 442 g/mol. The fraction of sp³-hybridized carbons (Fsp3) is 0.586. The lowest BCUT2D eigenvalue weighted by atomic mass is 9.63. The second-order valence-electron chi connectivity index (χ2n) is 10.2. The highest BCUT2D eigenvalue weighted by atomic mass is 19.2. The van der Waals surface area contributed by atoms with Crippen LogP contribution in [0.2, 0.25) is 0 Å². The number of hydrogen-bond acceptors (Lipinski definition) is 0. The molecule has 2 aromatic carbocycles. The average molecular weight is 443 g/mol. The summed E-state index contributed by atoms with van der Waals surface area (Å²) in [6.45, 7) is 4.16. The van der Waals surface area contributed by atoms with Crippen LogP contribution in [0.4, 0.5) is 13.2 Å². The fourth-order valence-corrected chi connectivity index (χ4v) is 6.38. The van der Waals surface area contributed by atoms with E-state index in [2.05, 4.69) is 6.92 Å². The highest BCUT2D eigenvalue weighted by molar-refractivity contribution is 5.85. The molecule has 0 amide bonds. The first-order chi connectivity index (χ1) is 15.5. The molecule has 0 aliphatic heterocycles. The lowest BCUT2D eigenvalue weighted by Crippen LogP contribution is -2.30. The summed E-state index contributed by atoms with van der Waals surface area (Å²) in [5.74, 6) is -0.0703. The summed E-state index contributed by atoms with van der Waals surface area (Å²) >= 11 is 0. The Morgan fingerprint density at radius 3 is 2.50 bits per heavy atom. The number of unbranched alkanes of at least 4 members (excludes halogenated alkanes) is 1. The van der Waals surface area contributed by atoms with Gasteiger partial charge >= 0.3 is 0 Å². The topological polar surface area (TPSA) is 0 Å². The first-order valence-electron chi connectivity index (χ1n) is 12.7. The summed E-state index contributed by atoms with van der Waals surface area (Å²) in [5.41, 5.74) is 0.907. The first kappa shape index (κ1) is 23.4. The van der Waals surface area contributed by atoms with Gasteiger partial charge in [-0.3, -0.25) is 0 Å². The molecule has 2 fully saturated rings. The smallest absolute Gasteiger partial charge is 0.169 e. The molecule has 0 N–H and O–H groups in total. The van der Waals surface area contributed by atoms with E-state index < -0.39 is 17.5 Å². The molecular weight excluding hydrogens is 405 g/mol. The molecule has 3 heteroatoms. The quantitative estimate of drug-likeness (QED) is 0.375. The molecule has 174 valence electrons. The molecule has 0 radical (unpaired) electrons. The van der Waals surface area contributed by atoms with Gasteiger partial charge in [-0.15, -0.1) is 0 Å². The Bertz CT molecular complexity index is 961. The van der Waals surface area contributed by atoms with Gasteiger partial charge in [-0.25, -0.2) is 13.2 Å². The number of fused-ring (bicyclic) bond motifs is 2. The van der Waals surface area contributed by atoms with Gasteiger partial charge in [-0.2, -0.15) is 0 Å². The van der Waals surface area contributed by atoms with Crippen molar-refractivity contribution >= 4 is 10.8 Å². The summed E-state index contributed by atoms with van der Waals surface area (Å²) < 4.78 is 45.2. The highest BCUT2D eigenvalue weighted by Crippen LogP contribution is 2.49. The third-order valence-corrected chi connectivity index (χ3v) is 8.17. The number of aryl methyl sites for hydroxylation is 1. The molecule has 2 aromatic rings. The molecule has 0 heterocycles.